The van der Waals surface area contributed by atoms with Crippen molar-refractivity contribution in [1.29, 1.82) is 5.41 Å². The van der Waals surface area contributed by atoms with Gasteiger partial charge in [-0.1, -0.05) is 24.3 Å². The molecule has 158 valence electrons. The summed E-state index contributed by atoms with van der Waals surface area (Å²) in [5.41, 5.74) is 4.67. The fourth-order valence-electron chi connectivity index (χ4n) is 3.35. The summed E-state index contributed by atoms with van der Waals surface area (Å²) in [5, 5.41) is 10.6. The zero-order valence-electron chi connectivity index (χ0n) is 17.3. The van der Waals surface area contributed by atoms with Gasteiger partial charge in [0.15, 0.2) is 0 Å². The molecule has 0 amide bonds. The van der Waals surface area contributed by atoms with Crippen LogP contribution in [-0.2, 0) is 11.3 Å². The number of carbonyl (C=O) groups is 1. The van der Waals surface area contributed by atoms with Crippen LogP contribution in [0.25, 0.3) is 17.2 Å². The lowest BCUT2D eigenvalue weighted by molar-refractivity contribution is -0.104. The number of hydrogen-bond donors (Lipinski definition) is 2. The summed E-state index contributed by atoms with van der Waals surface area (Å²) >= 11 is 0. The maximum atomic E-state index is 14.9. The van der Waals surface area contributed by atoms with Gasteiger partial charge in [0.25, 0.3) is 0 Å². The van der Waals surface area contributed by atoms with Crippen LogP contribution in [-0.4, -0.2) is 26.6 Å². The van der Waals surface area contributed by atoms with Gasteiger partial charge in [0.2, 0.25) is 0 Å². The van der Waals surface area contributed by atoms with Crippen molar-refractivity contribution in [3.63, 3.8) is 0 Å². The van der Waals surface area contributed by atoms with Crippen LogP contribution in [0.5, 0.6) is 0 Å². The molecule has 0 saturated heterocycles. The van der Waals surface area contributed by atoms with E-state index in [1.165, 1.54) is 36.6 Å². The first-order valence-corrected chi connectivity index (χ1v) is 9.70. The first-order chi connectivity index (χ1) is 14.9. The molecule has 0 fully saturated rings. The molecular weight excluding hydrogens is 396 g/mol. The Bertz CT molecular complexity index is 1140. The Labute approximate surface area is 180 Å². The van der Waals surface area contributed by atoms with Gasteiger partial charge in [-0.2, -0.15) is 0 Å². The SMILES string of the molecule is CNc1ccc(-c2ccc(CN(C)c3cc(F)cc(/C=C/C=O)c3)c(F)c2)cc1C=N. The lowest BCUT2D eigenvalue weighted by Crippen LogP contribution is -2.17. The number of nitrogens with zero attached hydrogens (tertiary/aromatic N) is 1. The van der Waals surface area contributed by atoms with E-state index in [1.54, 1.807) is 31.1 Å². The highest BCUT2D eigenvalue weighted by Crippen LogP contribution is 2.27. The maximum absolute atomic E-state index is 14.9. The number of halogens is 2. The Morgan fingerprint density at radius 1 is 1.03 bits per heavy atom. The summed E-state index contributed by atoms with van der Waals surface area (Å²) in [5.74, 6) is -0.798. The van der Waals surface area contributed by atoms with Crippen molar-refractivity contribution in [3.8, 4) is 11.1 Å². The molecule has 0 bridgehead atoms. The summed E-state index contributed by atoms with van der Waals surface area (Å²) in [7, 11) is 3.54. The molecule has 0 unspecified atom stereocenters. The molecular formula is C25H23F2N3O. The summed E-state index contributed by atoms with van der Waals surface area (Å²) < 4.78 is 28.8. The maximum Gasteiger partial charge on any atom is 0.142 e. The average molecular weight is 419 g/mol. The number of benzene rings is 3. The molecule has 0 spiro atoms. The normalized spacial score (nSPS) is 10.8. The molecule has 0 saturated carbocycles. The fraction of sp³-hybridized carbons (Fsp3) is 0.120. The standard InChI is InChI=1S/C25H23F2N3O/c1-29-25-8-7-18(12-21(25)15-28)19-5-6-20(24(27)13-19)16-30(2)23-11-17(4-3-9-31)10-22(26)14-23/h3-15,28-29H,16H2,1-2H3/b4-3+,28-15?. The molecule has 0 heterocycles. The Hall–Kier alpha value is -3.80. The van der Waals surface area contributed by atoms with Crippen LogP contribution < -0.4 is 10.2 Å². The molecule has 0 aromatic heterocycles. The number of allylic oxidation sites excluding steroid dienone is 1. The average Bonchev–Trinajstić information content (AvgIpc) is 2.78. The predicted molar refractivity (Wildman–Crippen MR) is 123 cm³/mol. The second-order valence-corrected chi connectivity index (χ2v) is 7.10. The van der Waals surface area contributed by atoms with Crippen molar-refractivity contribution in [2.24, 2.45) is 0 Å². The largest absolute Gasteiger partial charge is 0.388 e. The van der Waals surface area contributed by atoms with Crippen LogP contribution in [0.1, 0.15) is 16.7 Å². The molecule has 2 N–H and O–H groups in total. The lowest BCUT2D eigenvalue weighted by atomic mass is 10.0. The topological polar surface area (TPSA) is 56.2 Å². The van der Waals surface area contributed by atoms with Crippen molar-refractivity contribution >= 4 is 30.0 Å². The highest BCUT2D eigenvalue weighted by Gasteiger charge is 2.11. The number of anilines is 2. The molecule has 3 rings (SSSR count). The van der Waals surface area contributed by atoms with E-state index >= 15 is 0 Å². The molecule has 4 nitrogen and oxygen atoms in total. The van der Waals surface area contributed by atoms with E-state index in [-0.39, 0.29) is 12.4 Å². The minimum Gasteiger partial charge on any atom is -0.388 e. The third-order valence-corrected chi connectivity index (χ3v) is 4.98. The fourth-order valence-corrected chi connectivity index (χ4v) is 3.35. The van der Waals surface area contributed by atoms with E-state index in [9.17, 15) is 13.6 Å². The molecule has 0 atom stereocenters. The third kappa shape index (κ3) is 5.22. The number of carbonyl (C=O) groups excluding carboxylic acids is 1. The van der Waals surface area contributed by atoms with E-state index in [0.29, 0.717) is 28.7 Å². The molecule has 0 aliphatic carbocycles. The first kappa shape index (κ1) is 21.9. The Morgan fingerprint density at radius 3 is 2.45 bits per heavy atom. The molecule has 3 aromatic carbocycles. The van der Waals surface area contributed by atoms with E-state index in [1.807, 2.05) is 24.3 Å². The van der Waals surface area contributed by atoms with E-state index in [0.717, 1.165) is 16.8 Å². The van der Waals surface area contributed by atoms with Crippen LogP contribution in [0.15, 0.2) is 60.7 Å². The van der Waals surface area contributed by atoms with Gasteiger partial charge in [0, 0.05) is 49.4 Å². The van der Waals surface area contributed by atoms with Crippen molar-refractivity contribution in [3.05, 3.63) is 89.0 Å². The van der Waals surface area contributed by atoms with Crippen LogP contribution in [0.3, 0.4) is 0 Å². The van der Waals surface area contributed by atoms with Crippen LogP contribution in [0.4, 0.5) is 20.2 Å². The highest BCUT2D eigenvalue weighted by molar-refractivity contribution is 5.88. The van der Waals surface area contributed by atoms with Crippen LogP contribution in [0, 0.1) is 17.0 Å². The molecule has 0 aliphatic heterocycles. The Balaban J connectivity index is 1.84. The third-order valence-electron chi connectivity index (χ3n) is 4.98. The van der Waals surface area contributed by atoms with Gasteiger partial charge in [0.1, 0.15) is 17.9 Å². The number of rotatable bonds is 8. The molecule has 0 aliphatic rings. The second kappa shape index (κ2) is 9.80. The quantitative estimate of drug-likeness (QED) is 0.287. The highest BCUT2D eigenvalue weighted by atomic mass is 19.1. The molecule has 3 aromatic rings. The van der Waals surface area contributed by atoms with E-state index in [4.69, 9.17) is 5.41 Å². The van der Waals surface area contributed by atoms with Crippen LogP contribution >= 0.6 is 0 Å². The minimum atomic E-state index is -0.433. The minimum absolute atomic E-state index is 0.247. The van der Waals surface area contributed by atoms with Gasteiger partial charge >= 0.3 is 0 Å². The number of aldehydes is 1. The number of nitrogens with one attached hydrogen (secondary N) is 2. The summed E-state index contributed by atoms with van der Waals surface area (Å²) in [6.07, 6.45) is 4.70. The van der Waals surface area contributed by atoms with Crippen molar-refractivity contribution in [2.75, 3.05) is 24.3 Å². The van der Waals surface area contributed by atoms with Gasteiger partial charge < -0.3 is 15.6 Å². The van der Waals surface area contributed by atoms with Gasteiger partial charge in [-0.05, 0) is 59.2 Å². The number of hydrogen-bond acceptors (Lipinski definition) is 4. The molecule has 0 radical (unpaired) electrons. The summed E-state index contributed by atoms with van der Waals surface area (Å²) in [4.78, 5) is 12.3. The lowest BCUT2D eigenvalue weighted by Gasteiger charge is -2.21. The van der Waals surface area contributed by atoms with Crippen LogP contribution in [0.2, 0.25) is 0 Å². The van der Waals surface area contributed by atoms with Gasteiger partial charge in [-0.3, -0.25) is 4.79 Å². The Morgan fingerprint density at radius 2 is 1.77 bits per heavy atom. The summed E-state index contributed by atoms with van der Waals surface area (Å²) in [6, 6.07) is 15.0. The summed E-state index contributed by atoms with van der Waals surface area (Å²) in [6.45, 7) is 0.247. The van der Waals surface area contributed by atoms with Gasteiger partial charge in [-0.15, -0.1) is 0 Å². The predicted octanol–water partition coefficient (Wildman–Crippen LogP) is 5.52. The zero-order chi connectivity index (χ0) is 22.4. The monoisotopic (exact) mass is 419 g/mol. The Kier molecular flexibility index (Phi) is 6.92. The zero-order valence-corrected chi connectivity index (χ0v) is 17.3. The van der Waals surface area contributed by atoms with Gasteiger partial charge in [0.05, 0.1) is 0 Å². The van der Waals surface area contributed by atoms with Crippen molar-refractivity contribution in [2.45, 2.75) is 6.54 Å². The second-order valence-electron chi connectivity index (χ2n) is 7.10. The smallest absolute Gasteiger partial charge is 0.142 e. The van der Waals surface area contributed by atoms with E-state index in [2.05, 4.69) is 5.32 Å². The molecule has 31 heavy (non-hydrogen) atoms. The van der Waals surface area contributed by atoms with Crippen molar-refractivity contribution in [1.82, 2.24) is 0 Å². The van der Waals surface area contributed by atoms with Gasteiger partial charge in [-0.25, -0.2) is 8.78 Å². The van der Waals surface area contributed by atoms with E-state index < -0.39 is 5.82 Å². The molecule has 6 heteroatoms. The first-order valence-electron chi connectivity index (χ1n) is 9.70. The van der Waals surface area contributed by atoms with Crippen molar-refractivity contribution < 1.29 is 13.6 Å².